The molecule has 0 spiro atoms. The van der Waals surface area contributed by atoms with E-state index in [9.17, 15) is 0 Å². The van der Waals surface area contributed by atoms with Gasteiger partial charge in [-0.1, -0.05) is 13.8 Å². The van der Waals surface area contributed by atoms with E-state index in [1.54, 1.807) is 0 Å². The van der Waals surface area contributed by atoms with Crippen LogP contribution in [0.15, 0.2) is 0 Å². The second kappa shape index (κ2) is 5.61. The van der Waals surface area contributed by atoms with Gasteiger partial charge in [0.25, 0.3) is 0 Å². The van der Waals surface area contributed by atoms with Crippen LogP contribution in [0.1, 0.15) is 33.1 Å². The van der Waals surface area contributed by atoms with Crippen molar-refractivity contribution in [3.63, 3.8) is 0 Å². The predicted octanol–water partition coefficient (Wildman–Crippen LogP) is 1.70. The van der Waals surface area contributed by atoms with E-state index in [2.05, 4.69) is 18.7 Å². The molecule has 2 nitrogen and oxygen atoms in total. The zero-order valence-corrected chi connectivity index (χ0v) is 9.13. The summed E-state index contributed by atoms with van der Waals surface area (Å²) in [5.41, 5.74) is 5.59. The Labute approximate surface area is 82.5 Å². The number of nitrogens with zero attached hydrogens (tertiary/aromatic N) is 1. The van der Waals surface area contributed by atoms with E-state index in [1.807, 2.05) is 0 Å². The second-order valence-electron chi connectivity index (χ2n) is 4.74. The fourth-order valence-corrected chi connectivity index (χ4v) is 2.30. The van der Waals surface area contributed by atoms with Crippen molar-refractivity contribution in [3.05, 3.63) is 0 Å². The quantitative estimate of drug-likeness (QED) is 0.720. The monoisotopic (exact) mass is 184 g/mol. The zero-order valence-electron chi connectivity index (χ0n) is 9.13. The smallest absolute Gasteiger partial charge is 0.00102 e. The minimum absolute atomic E-state index is 0.802. The van der Waals surface area contributed by atoms with Gasteiger partial charge in [-0.25, -0.2) is 0 Å². The largest absolute Gasteiger partial charge is 0.330 e. The van der Waals surface area contributed by atoms with E-state index in [1.165, 1.54) is 38.9 Å². The lowest BCUT2D eigenvalue weighted by Gasteiger charge is -2.33. The van der Waals surface area contributed by atoms with Gasteiger partial charge in [0.15, 0.2) is 0 Å². The van der Waals surface area contributed by atoms with E-state index in [0.29, 0.717) is 0 Å². The highest BCUT2D eigenvalue weighted by molar-refractivity contribution is 4.73. The lowest BCUT2D eigenvalue weighted by Crippen LogP contribution is -2.38. The molecule has 0 aromatic carbocycles. The molecule has 2 heteroatoms. The molecule has 0 saturated carbocycles. The lowest BCUT2D eigenvalue weighted by molar-refractivity contribution is 0.154. The molecule has 0 radical (unpaired) electrons. The van der Waals surface area contributed by atoms with Crippen molar-refractivity contribution in [2.45, 2.75) is 33.1 Å². The summed E-state index contributed by atoms with van der Waals surface area (Å²) in [5.74, 6) is 1.68. The number of piperidine rings is 1. The Bertz CT molecular complexity index is 132. The molecule has 1 aliphatic heterocycles. The van der Waals surface area contributed by atoms with Crippen molar-refractivity contribution in [3.8, 4) is 0 Å². The van der Waals surface area contributed by atoms with Gasteiger partial charge in [-0.2, -0.15) is 0 Å². The van der Waals surface area contributed by atoms with Crippen molar-refractivity contribution < 1.29 is 0 Å². The van der Waals surface area contributed by atoms with Crippen LogP contribution in [-0.4, -0.2) is 31.1 Å². The van der Waals surface area contributed by atoms with E-state index < -0.39 is 0 Å². The van der Waals surface area contributed by atoms with Crippen LogP contribution < -0.4 is 5.73 Å². The summed E-state index contributed by atoms with van der Waals surface area (Å²) in [6.45, 7) is 9.31. The molecule has 1 atom stereocenters. The van der Waals surface area contributed by atoms with E-state index in [-0.39, 0.29) is 0 Å². The molecule has 1 aliphatic rings. The minimum atomic E-state index is 0.802. The summed E-state index contributed by atoms with van der Waals surface area (Å²) < 4.78 is 0. The van der Waals surface area contributed by atoms with E-state index in [0.717, 1.165) is 18.4 Å². The van der Waals surface area contributed by atoms with Crippen LogP contribution in [0.2, 0.25) is 0 Å². The molecule has 1 fully saturated rings. The van der Waals surface area contributed by atoms with E-state index in [4.69, 9.17) is 5.73 Å². The number of hydrogen-bond donors (Lipinski definition) is 1. The maximum Gasteiger partial charge on any atom is 0.00102 e. The molecule has 1 heterocycles. The Morgan fingerprint density at radius 3 is 2.85 bits per heavy atom. The Kier molecular flexibility index (Phi) is 4.74. The van der Waals surface area contributed by atoms with Crippen LogP contribution in [-0.2, 0) is 0 Å². The third-order valence-corrected chi connectivity index (χ3v) is 2.80. The highest BCUT2D eigenvalue weighted by Crippen LogP contribution is 2.19. The third kappa shape index (κ3) is 4.10. The lowest BCUT2D eigenvalue weighted by atomic mass is 9.94. The zero-order chi connectivity index (χ0) is 9.68. The topological polar surface area (TPSA) is 29.3 Å². The Hall–Kier alpha value is -0.0800. The summed E-state index contributed by atoms with van der Waals surface area (Å²) in [5, 5.41) is 0. The Balaban J connectivity index is 2.24. The van der Waals surface area contributed by atoms with Gasteiger partial charge in [-0.05, 0) is 44.2 Å². The fraction of sp³-hybridized carbons (Fsp3) is 1.00. The number of nitrogens with two attached hydrogens (primary N) is 1. The van der Waals surface area contributed by atoms with Crippen molar-refractivity contribution in [2.75, 3.05) is 26.2 Å². The minimum Gasteiger partial charge on any atom is -0.330 e. The van der Waals surface area contributed by atoms with Crippen LogP contribution in [0.4, 0.5) is 0 Å². The molecular formula is C11H24N2. The molecule has 0 aliphatic carbocycles. The average Bonchev–Trinajstić information content (AvgIpc) is 2.04. The number of hydrogen-bond acceptors (Lipinski definition) is 2. The Morgan fingerprint density at radius 1 is 1.46 bits per heavy atom. The maximum atomic E-state index is 5.59. The van der Waals surface area contributed by atoms with Gasteiger partial charge in [-0.15, -0.1) is 0 Å². The van der Waals surface area contributed by atoms with Crippen LogP contribution in [0, 0.1) is 11.8 Å². The molecule has 78 valence electrons. The predicted molar refractivity (Wildman–Crippen MR) is 57.7 cm³/mol. The maximum absolute atomic E-state index is 5.59. The van der Waals surface area contributed by atoms with Gasteiger partial charge >= 0.3 is 0 Å². The van der Waals surface area contributed by atoms with Crippen molar-refractivity contribution in [2.24, 2.45) is 17.6 Å². The first-order chi connectivity index (χ1) is 6.22. The highest BCUT2D eigenvalue weighted by atomic mass is 15.1. The normalized spacial score (nSPS) is 25.4. The summed E-state index contributed by atoms with van der Waals surface area (Å²) >= 11 is 0. The summed E-state index contributed by atoms with van der Waals surface area (Å²) in [6.07, 6.45) is 3.98. The molecule has 1 rings (SSSR count). The highest BCUT2D eigenvalue weighted by Gasteiger charge is 2.19. The standard InChI is InChI=1S/C11H24N2/c1-10(2)8-13-7-3-4-11(9-13)5-6-12/h10-11H,3-9,12H2,1-2H3. The van der Waals surface area contributed by atoms with E-state index >= 15 is 0 Å². The first kappa shape index (κ1) is 11.0. The van der Waals surface area contributed by atoms with Gasteiger partial charge < -0.3 is 10.6 Å². The second-order valence-corrected chi connectivity index (χ2v) is 4.74. The molecule has 0 aromatic heterocycles. The molecule has 2 N–H and O–H groups in total. The molecule has 1 unspecified atom stereocenters. The summed E-state index contributed by atoms with van der Waals surface area (Å²) in [7, 11) is 0. The summed E-state index contributed by atoms with van der Waals surface area (Å²) in [6, 6.07) is 0. The SMILES string of the molecule is CC(C)CN1CCCC(CCN)C1. The van der Waals surface area contributed by atoms with Gasteiger partial charge in [0.05, 0.1) is 0 Å². The van der Waals surface area contributed by atoms with Crippen molar-refractivity contribution >= 4 is 0 Å². The molecule has 0 aromatic rings. The summed E-state index contributed by atoms with van der Waals surface area (Å²) in [4.78, 5) is 2.61. The van der Waals surface area contributed by atoms with Gasteiger partial charge in [0.2, 0.25) is 0 Å². The fourth-order valence-electron chi connectivity index (χ4n) is 2.30. The first-order valence-electron chi connectivity index (χ1n) is 5.64. The third-order valence-electron chi connectivity index (χ3n) is 2.80. The molecule has 1 saturated heterocycles. The van der Waals surface area contributed by atoms with Crippen molar-refractivity contribution in [1.82, 2.24) is 4.90 Å². The molecule has 0 bridgehead atoms. The molecule has 0 amide bonds. The van der Waals surface area contributed by atoms with Crippen LogP contribution in [0.5, 0.6) is 0 Å². The van der Waals surface area contributed by atoms with Gasteiger partial charge in [-0.3, -0.25) is 0 Å². The van der Waals surface area contributed by atoms with Crippen LogP contribution in [0.3, 0.4) is 0 Å². The van der Waals surface area contributed by atoms with Crippen LogP contribution in [0.25, 0.3) is 0 Å². The average molecular weight is 184 g/mol. The van der Waals surface area contributed by atoms with Gasteiger partial charge in [0, 0.05) is 13.1 Å². The van der Waals surface area contributed by atoms with Crippen LogP contribution >= 0.6 is 0 Å². The van der Waals surface area contributed by atoms with Crippen molar-refractivity contribution in [1.29, 1.82) is 0 Å². The van der Waals surface area contributed by atoms with Gasteiger partial charge in [0.1, 0.15) is 0 Å². The first-order valence-corrected chi connectivity index (χ1v) is 5.64. The number of likely N-dealkylation sites (tertiary alicyclic amines) is 1. The molecule has 13 heavy (non-hydrogen) atoms. The Morgan fingerprint density at radius 2 is 2.23 bits per heavy atom. The number of rotatable bonds is 4. The molecular weight excluding hydrogens is 160 g/mol.